The summed E-state index contributed by atoms with van der Waals surface area (Å²) in [6.07, 6.45) is -3.75. The van der Waals surface area contributed by atoms with Crippen LogP contribution in [0, 0.1) is 5.82 Å². The zero-order chi connectivity index (χ0) is 26.8. The highest BCUT2D eigenvalue weighted by Gasteiger charge is 2.34. The van der Waals surface area contributed by atoms with Crippen LogP contribution >= 0.6 is 23.4 Å². The fourth-order valence-corrected chi connectivity index (χ4v) is 5.37. The fraction of sp³-hybridized carbons (Fsp3) is 0.417. The summed E-state index contributed by atoms with van der Waals surface area (Å²) >= 11 is 7.36. The molecule has 0 heterocycles. The predicted octanol–water partition coefficient (Wildman–Crippen LogP) is 6.74. The summed E-state index contributed by atoms with van der Waals surface area (Å²) < 4.78 is 54.9. The van der Waals surface area contributed by atoms with Crippen molar-refractivity contribution in [3.8, 4) is 5.75 Å². The van der Waals surface area contributed by atoms with Crippen LogP contribution < -0.4 is 10.1 Å². The lowest BCUT2D eigenvalue weighted by Crippen LogP contribution is -2.45. The van der Waals surface area contributed by atoms with Crippen LogP contribution in [0.1, 0.15) is 38.3 Å². The number of aliphatic carboxylic acids is 1. The average molecular weight is 549 g/mol. The lowest BCUT2D eigenvalue weighted by atomic mass is 9.87. The average Bonchev–Trinajstić information content (AvgIpc) is 2.78. The van der Waals surface area contributed by atoms with Crippen molar-refractivity contribution in [2.75, 3.05) is 11.9 Å². The first-order valence-corrected chi connectivity index (χ1v) is 12.3. The first-order valence-electron chi connectivity index (χ1n) is 11.1. The van der Waals surface area contributed by atoms with Crippen molar-refractivity contribution >= 4 is 41.1 Å². The minimum Gasteiger partial charge on any atom is -0.480 e. The Hall–Kier alpha value is -2.66. The number of alkyl halides is 3. The second-order valence-electron chi connectivity index (χ2n) is 8.73. The van der Waals surface area contributed by atoms with Crippen LogP contribution in [-0.2, 0) is 17.6 Å². The number of thioether (sulfide) groups is 1. The van der Waals surface area contributed by atoms with E-state index in [1.165, 1.54) is 32.0 Å². The number of carbonyl (C=O) groups is 2. The van der Waals surface area contributed by atoms with E-state index < -0.39 is 34.7 Å². The van der Waals surface area contributed by atoms with Crippen molar-refractivity contribution in [2.24, 2.45) is 0 Å². The van der Waals surface area contributed by atoms with E-state index in [2.05, 4.69) is 10.1 Å². The molecule has 2 aromatic rings. The molecule has 0 radical (unpaired) electrons. The van der Waals surface area contributed by atoms with Crippen LogP contribution in [0.15, 0.2) is 35.2 Å². The summed E-state index contributed by atoms with van der Waals surface area (Å²) in [7, 11) is 0. The number of halogens is 5. The van der Waals surface area contributed by atoms with Gasteiger partial charge >= 0.3 is 18.4 Å². The van der Waals surface area contributed by atoms with Gasteiger partial charge in [0.2, 0.25) is 0 Å². The van der Waals surface area contributed by atoms with Gasteiger partial charge in [-0.05, 0) is 81.5 Å². The number of rotatable bonds is 7. The number of ether oxygens (including phenoxy) is 1. The number of urea groups is 1. The largest absolute Gasteiger partial charge is 0.573 e. The highest BCUT2D eigenvalue weighted by Crippen LogP contribution is 2.41. The summed E-state index contributed by atoms with van der Waals surface area (Å²) in [5, 5.41) is 12.3. The van der Waals surface area contributed by atoms with Crippen LogP contribution in [0.5, 0.6) is 5.75 Å². The van der Waals surface area contributed by atoms with Gasteiger partial charge in [0.15, 0.2) is 0 Å². The minimum absolute atomic E-state index is 0.160. The molecular weight excluding hydrogens is 524 g/mol. The van der Waals surface area contributed by atoms with Crippen LogP contribution in [0.4, 0.5) is 28.0 Å². The Morgan fingerprint density at radius 3 is 2.42 bits per heavy atom. The number of likely N-dealkylation sites (N-methyl/N-ethyl adjacent to an activating group) is 1. The van der Waals surface area contributed by atoms with Gasteiger partial charge in [0.1, 0.15) is 16.3 Å². The summed E-state index contributed by atoms with van der Waals surface area (Å²) in [5.41, 5.74) is 1.28. The first-order chi connectivity index (χ1) is 16.7. The van der Waals surface area contributed by atoms with E-state index in [1.54, 1.807) is 11.8 Å². The molecule has 6 nitrogen and oxygen atoms in total. The molecule has 1 aliphatic carbocycles. The zero-order valence-corrected chi connectivity index (χ0v) is 21.3. The molecule has 12 heteroatoms. The molecule has 0 spiro atoms. The van der Waals surface area contributed by atoms with Crippen LogP contribution in [0.2, 0.25) is 5.02 Å². The molecule has 36 heavy (non-hydrogen) atoms. The number of carboxylic acids is 1. The highest BCUT2D eigenvalue weighted by atomic mass is 35.5. The Bertz CT molecular complexity index is 1140. The molecule has 1 atom stereocenters. The maximum atomic E-state index is 15.3. The minimum atomic E-state index is -4.81. The number of carbonyl (C=O) groups excluding carboxylic acids is 1. The Balaban J connectivity index is 1.74. The number of anilines is 1. The standard InChI is InChI=1S/C24H25ClF4N2O4S/c1-4-31(22(34)30-13-5-8-15(9-6-13)35-24(27,28)29)14-7-10-16-17(11-14)18(25)12-19(20(16)26)36-23(2,3)21(32)33/h5-6,8-9,12,14H,4,7,10-11H2,1-3H3,(H,30,34)(H,32,33). The third kappa shape index (κ3) is 6.56. The van der Waals surface area contributed by atoms with Crippen molar-refractivity contribution in [3.63, 3.8) is 0 Å². The Labute approximate surface area is 214 Å². The third-order valence-electron chi connectivity index (χ3n) is 5.82. The summed E-state index contributed by atoms with van der Waals surface area (Å²) in [4.78, 5) is 26.1. The maximum absolute atomic E-state index is 15.3. The molecule has 1 aliphatic rings. The van der Waals surface area contributed by atoms with E-state index in [4.69, 9.17) is 11.6 Å². The van der Waals surface area contributed by atoms with Gasteiger partial charge in [0, 0.05) is 28.2 Å². The topological polar surface area (TPSA) is 78.9 Å². The van der Waals surface area contributed by atoms with Gasteiger partial charge in [-0.25, -0.2) is 9.18 Å². The molecule has 0 saturated heterocycles. The molecular formula is C24H25ClF4N2O4S. The summed E-state index contributed by atoms with van der Waals surface area (Å²) in [6.45, 7) is 5.09. The normalized spacial score (nSPS) is 15.7. The Morgan fingerprint density at radius 2 is 1.86 bits per heavy atom. The van der Waals surface area contributed by atoms with Gasteiger partial charge in [0.05, 0.1) is 0 Å². The number of fused-ring (bicyclic) bond motifs is 1. The summed E-state index contributed by atoms with van der Waals surface area (Å²) in [5.74, 6) is -1.98. The molecule has 0 bridgehead atoms. The van der Waals surface area contributed by atoms with Gasteiger partial charge in [0.25, 0.3) is 0 Å². The Morgan fingerprint density at radius 1 is 1.22 bits per heavy atom. The number of nitrogens with one attached hydrogen (secondary N) is 1. The van der Waals surface area contributed by atoms with E-state index in [9.17, 15) is 27.9 Å². The molecule has 2 amide bonds. The highest BCUT2D eigenvalue weighted by molar-refractivity contribution is 8.01. The van der Waals surface area contributed by atoms with Gasteiger partial charge < -0.3 is 20.1 Å². The van der Waals surface area contributed by atoms with Gasteiger partial charge in [-0.1, -0.05) is 11.6 Å². The number of nitrogens with zero attached hydrogens (tertiary/aromatic N) is 1. The van der Waals surface area contributed by atoms with Crippen LogP contribution in [0.25, 0.3) is 0 Å². The second-order valence-corrected chi connectivity index (χ2v) is 10.8. The lowest BCUT2D eigenvalue weighted by Gasteiger charge is -2.35. The Kier molecular flexibility index (Phi) is 8.34. The fourth-order valence-electron chi connectivity index (χ4n) is 3.98. The van der Waals surface area contributed by atoms with E-state index in [0.29, 0.717) is 42.0 Å². The molecule has 1 unspecified atom stereocenters. The van der Waals surface area contributed by atoms with Crippen LogP contribution in [-0.4, -0.2) is 45.7 Å². The molecule has 3 rings (SSSR count). The zero-order valence-electron chi connectivity index (χ0n) is 19.7. The van der Waals surface area contributed by atoms with Gasteiger partial charge in [-0.15, -0.1) is 24.9 Å². The third-order valence-corrected chi connectivity index (χ3v) is 7.36. The van der Waals surface area contributed by atoms with E-state index in [0.717, 1.165) is 23.9 Å². The molecule has 0 saturated carbocycles. The van der Waals surface area contributed by atoms with Crippen molar-refractivity contribution in [3.05, 3.63) is 52.3 Å². The number of hydrogen-bond donors (Lipinski definition) is 2. The number of amides is 2. The monoisotopic (exact) mass is 548 g/mol. The van der Waals surface area contributed by atoms with Crippen molar-refractivity contribution < 1.29 is 37.0 Å². The SMILES string of the molecule is CCN(C(=O)Nc1ccc(OC(F)(F)F)cc1)C1CCc2c(F)c(SC(C)(C)C(=O)O)cc(Cl)c2C1. The number of carboxylic acid groups (broad SMARTS) is 1. The van der Waals surface area contributed by atoms with E-state index in [-0.39, 0.29) is 16.6 Å². The molecule has 0 fully saturated rings. The van der Waals surface area contributed by atoms with E-state index in [1.807, 2.05) is 0 Å². The smallest absolute Gasteiger partial charge is 0.480 e. The maximum Gasteiger partial charge on any atom is 0.573 e. The molecule has 2 N–H and O–H groups in total. The van der Waals surface area contributed by atoms with Crippen molar-refractivity contribution in [2.45, 2.75) is 62.1 Å². The summed E-state index contributed by atoms with van der Waals surface area (Å²) in [6, 6.07) is 5.47. The molecule has 0 aromatic heterocycles. The van der Waals surface area contributed by atoms with Crippen LogP contribution in [0.3, 0.4) is 0 Å². The van der Waals surface area contributed by atoms with Gasteiger partial charge in [-0.2, -0.15) is 0 Å². The molecule has 2 aromatic carbocycles. The number of hydrogen-bond acceptors (Lipinski definition) is 4. The molecule has 0 aliphatic heterocycles. The van der Waals surface area contributed by atoms with Crippen molar-refractivity contribution in [1.82, 2.24) is 4.90 Å². The predicted molar refractivity (Wildman–Crippen MR) is 129 cm³/mol. The van der Waals surface area contributed by atoms with Gasteiger partial charge in [-0.3, -0.25) is 4.79 Å². The number of benzene rings is 2. The quantitative estimate of drug-likeness (QED) is 0.296. The molecule has 196 valence electrons. The lowest BCUT2D eigenvalue weighted by molar-refractivity contribution is -0.274. The second kappa shape index (κ2) is 10.8. The first kappa shape index (κ1) is 27.9. The van der Waals surface area contributed by atoms with Crippen molar-refractivity contribution in [1.29, 1.82) is 0 Å². The van der Waals surface area contributed by atoms with E-state index >= 15 is 4.39 Å².